The zero-order chi connectivity index (χ0) is 19.9. The van der Waals surface area contributed by atoms with Crippen LogP contribution in [0.3, 0.4) is 0 Å². The topological polar surface area (TPSA) is 59.1 Å². The normalized spacial score (nSPS) is 21.3. The molecule has 0 saturated heterocycles. The fourth-order valence-corrected chi connectivity index (χ4v) is 3.68. The number of benzene rings is 1. The first-order valence-electron chi connectivity index (χ1n) is 9.22. The molecule has 2 unspecified atom stereocenters. The Bertz CT molecular complexity index is 921. The van der Waals surface area contributed by atoms with Gasteiger partial charge in [0.15, 0.2) is 5.82 Å². The van der Waals surface area contributed by atoms with Crippen LogP contribution in [0.15, 0.2) is 30.5 Å². The van der Waals surface area contributed by atoms with Crippen LogP contribution >= 0.6 is 0 Å². The molecular weight excluding hydrogens is 343 g/mol. The lowest BCUT2D eigenvalue weighted by Crippen LogP contribution is -2.29. The van der Waals surface area contributed by atoms with Crippen molar-refractivity contribution < 1.29 is 14.0 Å². The van der Waals surface area contributed by atoms with E-state index in [1.807, 2.05) is 26.0 Å². The third kappa shape index (κ3) is 3.51. The molecule has 1 amide bonds. The van der Waals surface area contributed by atoms with E-state index in [1.165, 1.54) is 6.07 Å². The highest BCUT2D eigenvalue weighted by Crippen LogP contribution is 2.42. The number of ketones is 1. The summed E-state index contributed by atoms with van der Waals surface area (Å²) in [5.74, 6) is -0.539. The van der Waals surface area contributed by atoms with Crippen LogP contribution in [0.25, 0.3) is 0 Å². The zero-order valence-electron chi connectivity index (χ0n) is 16.4. The standard InChI is InChI=1S/C22H25FN2O2/c1-12-8-20(26)22(4,5)18-7-6-15(10-16(18)14(12)3)25-21(27)17-9-13(2)24-11-19(17)23/h6-7,9-12,14H,8H2,1-5H3,(H,25,27). The van der Waals surface area contributed by atoms with Crippen LogP contribution in [0, 0.1) is 18.7 Å². The molecule has 27 heavy (non-hydrogen) atoms. The van der Waals surface area contributed by atoms with E-state index in [1.54, 1.807) is 13.0 Å². The molecule has 1 N–H and O–H groups in total. The second-order valence-electron chi connectivity index (χ2n) is 8.08. The number of rotatable bonds is 2. The molecule has 1 aliphatic carbocycles. The number of hydrogen-bond acceptors (Lipinski definition) is 3. The number of Topliss-reactive ketones (excluding diaryl/α,β-unsaturated/α-hetero) is 1. The van der Waals surface area contributed by atoms with Crippen molar-refractivity contribution in [3.05, 3.63) is 58.7 Å². The summed E-state index contributed by atoms with van der Waals surface area (Å²) < 4.78 is 13.9. The Morgan fingerprint density at radius 3 is 2.67 bits per heavy atom. The summed E-state index contributed by atoms with van der Waals surface area (Å²) in [5, 5.41) is 2.78. The number of nitrogens with zero attached hydrogens (tertiary/aromatic N) is 1. The number of halogens is 1. The molecule has 2 atom stereocenters. The first-order valence-corrected chi connectivity index (χ1v) is 9.22. The lowest BCUT2D eigenvalue weighted by Gasteiger charge is -2.25. The van der Waals surface area contributed by atoms with Crippen molar-refractivity contribution in [1.82, 2.24) is 4.98 Å². The summed E-state index contributed by atoms with van der Waals surface area (Å²) in [4.78, 5) is 29.0. The minimum Gasteiger partial charge on any atom is -0.322 e. The Morgan fingerprint density at radius 2 is 1.96 bits per heavy atom. The number of nitrogens with one attached hydrogen (secondary N) is 1. The maximum atomic E-state index is 13.9. The summed E-state index contributed by atoms with van der Waals surface area (Å²) in [6.45, 7) is 9.79. The molecule has 2 aromatic rings. The molecule has 0 saturated carbocycles. The lowest BCUT2D eigenvalue weighted by atomic mass is 9.78. The molecule has 0 aliphatic heterocycles. The van der Waals surface area contributed by atoms with Gasteiger partial charge in [0, 0.05) is 23.2 Å². The number of hydrogen-bond donors (Lipinski definition) is 1. The predicted octanol–water partition coefficient (Wildman–Crippen LogP) is 4.77. The average molecular weight is 368 g/mol. The molecule has 0 fully saturated rings. The number of fused-ring (bicyclic) bond motifs is 1. The van der Waals surface area contributed by atoms with Crippen LogP contribution in [-0.4, -0.2) is 16.7 Å². The number of aryl methyl sites for hydroxylation is 1. The molecule has 142 valence electrons. The largest absolute Gasteiger partial charge is 0.322 e. The van der Waals surface area contributed by atoms with Gasteiger partial charge >= 0.3 is 0 Å². The van der Waals surface area contributed by atoms with Gasteiger partial charge in [-0.1, -0.05) is 19.9 Å². The summed E-state index contributed by atoms with van der Waals surface area (Å²) in [7, 11) is 0. The first-order chi connectivity index (χ1) is 12.6. The van der Waals surface area contributed by atoms with Crippen LogP contribution in [0.5, 0.6) is 0 Å². The van der Waals surface area contributed by atoms with Crippen molar-refractivity contribution in [3.63, 3.8) is 0 Å². The van der Waals surface area contributed by atoms with Crippen LogP contribution in [0.4, 0.5) is 10.1 Å². The molecule has 1 aromatic heterocycles. The van der Waals surface area contributed by atoms with E-state index in [4.69, 9.17) is 0 Å². The zero-order valence-corrected chi connectivity index (χ0v) is 16.4. The Kier molecular flexibility index (Phi) is 4.89. The van der Waals surface area contributed by atoms with Crippen LogP contribution in [0.2, 0.25) is 0 Å². The van der Waals surface area contributed by atoms with Crippen molar-refractivity contribution >= 4 is 17.4 Å². The number of anilines is 1. The Labute approximate surface area is 159 Å². The molecule has 1 heterocycles. The van der Waals surface area contributed by atoms with E-state index in [0.29, 0.717) is 17.8 Å². The molecule has 3 rings (SSSR count). The van der Waals surface area contributed by atoms with Gasteiger partial charge in [0.25, 0.3) is 5.91 Å². The quantitative estimate of drug-likeness (QED) is 0.777. The van der Waals surface area contributed by atoms with Gasteiger partial charge in [-0.15, -0.1) is 0 Å². The van der Waals surface area contributed by atoms with E-state index < -0.39 is 17.1 Å². The lowest BCUT2D eigenvalue weighted by molar-refractivity contribution is -0.124. The highest BCUT2D eigenvalue weighted by Gasteiger charge is 2.38. The molecule has 1 aromatic carbocycles. The second-order valence-corrected chi connectivity index (χ2v) is 8.08. The maximum Gasteiger partial charge on any atom is 0.258 e. The summed E-state index contributed by atoms with van der Waals surface area (Å²) in [6, 6.07) is 7.03. The Hall–Kier alpha value is -2.56. The molecule has 4 nitrogen and oxygen atoms in total. The average Bonchev–Trinajstić information content (AvgIpc) is 2.67. The summed E-state index contributed by atoms with van der Waals surface area (Å²) in [5.41, 5.74) is 2.62. The Morgan fingerprint density at radius 1 is 1.26 bits per heavy atom. The van der Waals surface area contributed by atoms with Gasteiger partial charge in [0.2, 0.25) is 0 Å². The van der Waals surface area contributed by atoms with Crippen molar-refractivity contribution in [3.8, 4) is 0 Å². The number of carbonyl (C=O) groups is 2. The number of aromatic nitrogens is 1. The van der Waals surface area contributed by atoms with Gasteiger partial charge in [-0.3, -0.25) is 14.6 Å². The maximum absolute atomic E-state index is 13.9. The minimum absolute atomic E-state index is 0.0330. The highest BCUT2D eigenvalue weighted by atomic mass is 19.1. The van der Waals surface area contributed by atoms with E-state index >= 15 is 0 Å². The van der Waals surface area contributed by atoms with Crippen LogP contribution < -0.4 is 5.32 Å². The number of pyridine rings is 1. The molecular formula is C22H25FN2O2. The van der Waals surface area contributed by atoms with E-state index in [2.05, 4.69) is 24.1 Å². The predicted molar refractivity (Wildman–Crippen MR) is 104 cm³/mol. The van der Waals surface area contributed by atoms with Gasteiger partial charge in [-0.25, -0.2) is 4.39 Å². The van der Waals surface area contributed by atoms with Crippen molar-refractivity contribution in [2.75, 3.05) is 5.32 Å². The highest BCUT2D eigenvalue weighted by molar-refractivity contribution is 6.04. The SMILES string of the molecule is Cc1cc(C(=O)Nc2ccc3c(c2)C(C)C(C)CC(=O)C3(C)C)c(F)cn1. The smallest absolute Gasteiger partial charge is 0.258 e. The van der Waals surface area contributed by atoms with Gasteiger partial charge in [0.1, 0.15) is 5.78 Å². The summed E-state index contributed by atoms with van der Waals surface area (Å²) >= 11 is 0. The van der Waals surface area contributed by atoms with E-state index in [0.717, 1.165) is 17.3 Å². The monoisotopic (exact) mass is 368 g/mol. The second kappa shape index (κ2) is 6.87. The van der Waals surface area contributed by atoms with Crippen molar-refractivity contribution in [2.45, 2.75) is 52.4 Å². The fraction of sp³-hybridized carbons (Fsp3) is 0.409. The first kappa shape index (κ1) is 19.2. The summed E-state index contributed by atoms with van der Waals surface area (Å²) in [6.07, 6.45) is 1.59. The van der Waals surface area contributed by atoms with Gasteiger partial charge in [0.05, 0.1) is 11.8 Å². The third-order valence-electron chi connectivity index (χ3n) is 5.77. The number of carbonyl (C=O) groups excluding carboxylic acids is 2. The molecule has 0 bridgehead atoms. The molecule has 0 spiro atoms. The Balaban J connectivity index is 1.98. The van der Waals surface area contributed by atoms with Crippen molar-refractivity contribution in [2.24, 2.45) is 5.92 Å². The van der Waals surface area contributed by atoms with Gasteiger partial charge < -0.3 is 5.32 Å². The molecule has 0 radical (unpaired) electrons. The number of amides is 1. The minimum atomic E-state index is -0.651. The third-order valence-corrected chi connectivity index (χ3v) is 5.77. The van der Waals surface area contributed by atoms with Crippen molar-refractivity contribution in [1.29, 1.82) is 0 Å². The fourth-order valence-electron chi connectivity index (χ4n) is 3.68. The molecule has 5 heteroatoms. The van der Waals surface area contributed by atoms with Gasteiger partial charge in [-0.2, -0.15) is 0 Å². The van der Waals surface area contributed by atoms with Gasteiger partial charge in [-0.05, 0) is 61.9 Å². The van der Waals surface area contributed by atoms with Crippen LogP contribution in [0.1, 0.15) is 67.2 Å². The van der Waals surface area contributed by atoms with E-state index in [-0.39, 0.29) is 23.2 Å². The molecule has 1 aliphatic rings. The van der Waals surface area contributed by atoms with E-state index in [9.17, 15) is 14.0 Å². The van der Waals surface area contributed by atoms with Crippen LogP contribution in [-0.2, 0) is 10.2 Å².